The van der Waals surface area contributed by atoms with Gasteiger partial charge in [0.1, 0.15) is 0 Å². The van der Waals surface area contributed by atoms with E-state index in [0.29, 0.717) is 11.8 Å². The van der Waals surface area contributed by atoms with Crippen LogP contribution in [0.25, 0.3) is 10.4 Å². The molecule has 3 nitrogen and oxygen atoms in total. The Labute approximate surface area is 146 Å². The molecule has 0 aliphatic heterocycles. The second kappa shape index (κ2) is 6.53. The minimum absolute atomic E-state index is 0.307. The molecule has 3 rings (SSSR count). The lowest BCUT2D eigenvalue weighted by Gasteiger charge is -2.10. The van der Waals surface area contributed by atoms with Crippen LogP contribution in [0.4, 0.5) is 18.9 Å². The van der Waals surface area contributed by atoms with Gasteiger partial charge in [0, 0.05) is 10.3 Å². The molecule has 2 aromatic carbocycles. The van der Waals surface area contributed by atoms with E-state index >= 15 is 0 Å². The summed E-state index contributed by atoms with van der Waals surface area (Å²) in [4.78, 5) is 0.414. The van der Waals surface area contributed by atoms with Crippen LogP contribution in [-0.2, 0) is 16.2 Å². The van der Waals surface area contributed by atoms with Gasteiger partial charge in [-0.3, -0.25) is 4.72 Å². The largest absolute Gasteiger partial charge is 0.416 e. The lowest BCUT2D eigenvalue weighted by Crippen LogP contribution is -2.14. The average Bonchev–Trinajstić information content (AvgIpc) is 3.03. The molecule has 130 valence electrons. The van der Waals surface area contributed by atoms with Crippen LogP contribution in [0.3, 0.4) is 0 Å². The number of halogens is 3. The molecule has 0 aliphatic carbocycles. The molecule has 0 radical (unpaired) electrons. The van der Waals surface area contributed by atoms with Crippen LogP contribution in [0.1, 0.15) is 5.56 Å². The van der Waals surface area contributed by atoms with Gasteiger partial charge in [0.2, 0.25) is 0 Å². The summed E-state index contributed by atoms with van der Waals surface area (Å²) in [5, 5.41) is 1.60. The molecule has 0 unspecified atom stereocenters. The number of benzene rings is 2. The summed E-state index contributed by atoms with van der Waals surface area (Å²) in [6, 6.07) is 14.7. The fourth-order valence-corrected chi connectivity index (χ4v) is 4.21. The fourth-order valence-electron chi connectivity index (χ4n) is 2.20. The van der Waals surface area contributed by atoms with Crippen LogP contribution in [-0.4, -0.2) is 8.42 Å². The molecular weight excluding hydrogens is 371 g/mol. The molecule has 0 fully saturated rings. The van der Waals surface area contributed by atoms with E-state index in [1.165, 1.54) is 11.3 Å². The summed E-state index contributed by atoms with van der Waals surface area (Å²) < 4.78 is 65.3. The maximum Gasteiger partial charge on any atom is 0.416 e. The number of alkyl halides is 3. The number of nitrogens with one attached hydrogen (secondary N) is 1. The van der Waals surface area contributed by atoms with Crippen molar-refractivity contribution >= 4 is 27.0 Å². The highest BCUT2D eigenvalue weighted by atomic mass is 32.2. The van der Waals surface area contributed by atoms with Gasteiger partial charge in [-0.15, -0.1) is 11.3 Å². The monoisotopic (exact) mass is 383 g/mol. The highest BCUT2D eigenvalue weighted by Crippen LogP contribution is 2.33. The second-order valence-corrected chi connectivity index (χ2v) is 7.79. The number of sulfonamides is 1. The van der Waals surface area contributed by atoms with Crippen molar-refractivity contribution in [3.63, 3.8) is 0 Å². The number of rotatable bonds is 4. The van der Waals surface area contributed by atoms with Crippen molar-refractivity contribution < 1.29 is 21.6 Å². The lowest BCUT2D eigenvalue weighted by atomic mass is 10.2. The van der Waals surface area contributed by atoms with E-state index in [2.05, 4.69) is 4.72 Å². The van der Waals surface area contributed by atoms with E-state index in [1.807, 2.05) is 30.3 Å². The normalized spacial score (nSPS) is 12.1. The first-order valence-corrected chi connectivity index (χ1v) is 9.46. The number of hydrogen-bond acceptors (Lipinski definition) is 3. The SMILES string of the molecule is O=S(=O)(Nc1csc(-c2ccccc2)c1)c1cccc(C(F)(F)F)c1. The van der Waals surface area contributed by atoms with Gasteiger partial charge in [0.25, 0.3) is 10.0 Å². The summed E-state index contributed by atoms with van der Waals surface area (Å²) >= 11 is 1.34. The van der Waals surface area contributed by atoms with Gasteiger partial charge in [-0.2, -0.15) is 13.2 Å². The maximum atomic E-state index is 12.8. The number of thiophene rings is 1. The van der Waals surface area contributed by atoms with Crippen molar-refractivity contribution in [2.24, 2.45) is 0 Å². The number of anilines is 1. The quantitative estimate of drug-likeness (QED) is 0.670. The van der Waals surface area contributed by atoms with Gasteiger partial charge in [-0.25, -0.2) is 8.42 Å². The summed E-state index contributed by atoms with van der Waals surface area (Å²) in [7, 11) is -4.11. The number of hydrogen-bond donors (Lipinski definition) is 1. The van der Waals surface area contributed by atoms with Gasteiger partial charge in [-0.1, -0.05) is 36.4 Å². The first-order chi connectivity index (χ1) is 11.8. The van der Waals surface area contributed by atoms with Crippen molar-refractivity contribution in [2.75, 3.05) is 4.72 Å². The molecule has 1 aromatic heterocycles. The molecule has 0 aliphatic rings. The van der Waals surface area contributed by atoms with Crippen molar-refractivity contribution in [2.45, 2.75) is 11.1 Å². The Morgan fingerprint density at radius 2 is 1.64 bits per heavy atom. The van der Waals surface area contributed by atoms with Crippen molar-refractivity contribution in [1.82, 2.24) is 0 Å². The predicted octanol–water partition coefficient (Wildman–Crippen LogP) is 5.23. The van der Waals surface area contributed by atoms with Crippen LogP contribution in [0.5, 0.6) is 0 Å². The fraction of sp³-hybridized carbons (Fsp3) is 0.0588. The molecule has 25 heavy (non-hydrogen) atoms. The topological polar surface area (TPSA) is 46.2 Å². The van der Waals surface area contributed by atoms with E-state index in [4.69, 9.17) is 0 Å². The van der Waals surface area contributed by atoms with Gasteiger partial charge >= 0.3 is 6.18 Å². The first-order valence-electron chi connectivity index (χ1n) is 7.10. The second-order valence-electron chi connectivity index (χ2n) is 5.20. The molecule has 0 saturated heterocycles. The maximum absolute atomic E-state index is 12.8. The van der Waals surface area contributed by atoms with Crippen LogP contribution in [0.2, 0.25) is 0 Å². The molecular formula is C17H12F3NO2S2. The summed E-state index contributed by atoms with van der Waals surface area (Å²) in [5.74, 6) is 0. The summed E-state index contributed by atoms with van der Waals surface area (Å²) in [5.41, 5.74) is 0.226. The summed E-state index contributed by atoms with van der Waals surface area (Å²) in [6.07, 6.45) is -4.60. The zero-order valence-electron chi connectivity index (χ0n) is 12.6. The van der Waals surface area contributed by atoms with E-state index in [0.717, 1.165) is 28.6 Å². The van der Waals surface area contributed by atoms with Gasteiger partial charge in [0.15, 0.2) is 0 Å². The Bertz CT molecular complexity index is 980. The summed E-state index contributed by atoms with van der Waals surface area (Å²) in [6.45, 7) is 0. The minimum Gasteiger partial charge on any atom is -0.279 e. The van der Waals surface area contributed by atoms with Crippen molar-refractivity contribution in [3.8, 4) is 10.4 Å². The molecule has 3 aromatic rings. The van der Waals surface area contributed by atoms with Crippen LogP contribution in [0.15, 0.2) is 70.9 Å². The molecule has 0 saturated carbocycles. The van der Waals surface area contributed by atoms with Crippen molar-refractivity contribution in [3.05, 3.63) is 71.6 Å². The van der Waals surface area contributed by atoms with E-state index < -0.39 is 26.7 Å². The van der Waals surface area contributed by atoms with Gasteiger partial charge < -0.3 is 0 Å². The Hall–Kier alpha value is -2.32. The van der Waals surface area contributed by atoms with Crippen molar-refractivity contribution in [1.29, 1.82) is 0 Å². The average molecular weight is 383 g/mol. The zero-order valence-corrected chi connectivity index (χ0v) is 14.3. The van der Waals surface area contributed by atoms with Gasteiger partial charge in [0.05, 0.1) is 16.1 Å². The van der Waals surface area contributed by atoms with Crippen LogP contribution in [0, 0.1) is 0 Å². The predicted molar refractivity (Wildman–Crippen MR) is 92.0 cm³/mol. The van der Waals surface area contributed by atoms with Gasteiger partial charge in [-0.05, 0) is 29.8 Å². The Balaban J connectivity index is 1.87. The third kappa shape index (κ3) is 4.02. The van der Waals surface area contributed by atoms with Crippen LogP contribution >= 0.6 is 11.3 Å². The Morgan fingerprint density at radius 3 is 2.32 bits per heavy atom. The Morgan fingerprint density at radius 1 is 0.920 bits per heavy atom. The molecule has 0 amide bonds. The minimum atomic E-state index is -4.60. The third-order valence-corrected chi connectivity index (χ3v) is 5.74. The molecule has 0 spiro atoms. The van der Waals surface area contributed by atoms with Crippen LogP contribution < -0.4 is 4.72 Å². The molecule has 0 bridgehead atoms. The highest BCUT2D eigenvalue weighted by molar-refractivity contribution is 7.92. The standard InChI is InChI=1S/C17H12F3NO2S2/c18-17(19,20)13-7-4-8-15(9-13)25(22,23)21-14-10-16(24-11-14)12-5-2-1-3-6-12/h1-11,21H. The molecule has 8 heteroatoms. The van der Waals surface area contributed by atoms with E-state index in [-0.39, 0.29) is 0 Å². The smallest absolute Gasteiger partial charge is 0.279 e. The first kappa shape index (κ1) is 17.5. The Kier molecular flexibility index (Phi) is 4.57. The lowest BCUT2D eigenvalue weighted by molar-refractivity contribution is -0.137. The molecule has 1 heterocycles. The zero-order chi connectivity index (χ0) is 18.1. The van der Waals surface area contributed by atoms with E-state index in [1.54, 1.807) is 11.4 Å². The molecule has 0 atom stereocenters. The van der Waals surface area contributed by atoms with E-state index in [9.17, 15) is 21.6 Å². The highest BCUT2D eigenvalue weighted by Gasteiger charge is 2.31. The molecule has 1 N–H and O–H groups in total. The third-order valence-electron chi connectivity index (χ3n) is 3.38.